The van der Waals surface area contributed by atoms with Gasteiger partial charge in [-0.25, -0.2) is 9.78 Å². The number of hydrogen-bond acceptors (Lipinski definition) is 5. The average Bonchev–Trinajstić information content (AvgIpc) is 3.46. The number of amides is 1. The van der Waals surface area contributed by atoms with E-state index in [1.165, 1.54) is 4.57 Å². The van der Waals surface area contributed by atoms with Crippen LogP contribution in [0.25, 0.3) is 11.0 Å². The van der Waals surface area contributed by atoms with Crippen LogP contribution in [0.3, 0.4) is 0 Å². The van der Waals surface area contributed by atoms with Crippen LogP contribution in [-0.2, 0) is 6.54 Å². The van der Waals surface area contributed by atoms with Gasteiger partial charge in [0.25, 0.3) is 11.5 Å². The zero-order valence-electron chi connectivity index (χ0n) is 17.1. The number of hydrogen-bond donors (Lipinski definition) is 3. The van der Waals surface area contributed by atoms with Crippen molar-refractivity contribution in [3.63, 3.8) is 0 Å². The average molecular weight is 446 g/mol. The van der Waals surface area contributed by atoms with Gasteiger partial charge in [-0.3, -0.25) is 19.1 Å². The Labute approximate surface area is 181 Å². The number of aromatic amines is 1. The number of rotatable bonds is 7. The molecule has 10 heteroatoms. The smallest absolute Gasteiger partial charge is 0.330 e. The Hall–Kier alpha value is -1.90. The van der Waals surface area contributed by atoms with Crippen molar-refractivity contribution in [2.24, 2.45) is 5.92 Å². The van der Waals surface area contributed by atoms with Gasteiger partial charge in [-0.15, -0.1) is 24.8 Å². The molecule has 0 radical (unpaired) electrons. The Balaban J connectivity index is 0.00000210. The summed E-state index contributed by atoms with van der Waals surface area (Å²) in [5.74, 6) is 0.155. The molecule has 3 N–H and O–H groups in total. The minimum atomic E-state index is -0.573. The molecular weight excluding hydrogens is 417 g/mol. The molecule has 0 aromatic carbocycles. The molecular formula is C19H29Cl2N5O3. The van der Waals surface area contributed by atoms with Crippen molar-refractivity contribution in [2.75, 3.05) is 13.6 Å². The van der Waals surface area contributed by atoms with Gasteiger partial charge in [0.1, 0.15) is 0 Å². The highest BCUT2D eigenvalue weighted by Gasteiger charge is 2.28. The van der Waals surface area contributed by atoms with Gasteiger partial charge in [-0.05, 0) is 38.8 Å². The molecule has 1 atom stereocenters. The summed E-state index contributed by atoms with van der Waals surface area (Å²) in [6, 6.07) is 1.81. The van der Waals surface area contributed by atoms with Gasteiger partial charge >= 0.3 is 5.69 Å². The number of likely N-dealkylation sites (N-methyl/N-ethyl adjacent to an activating group) is 1. The van der Waals surface area contributed by atoms with Crippen LogP contribution in [0.15, 0.2) is 15.7 Å². The van der Waals surface area contributed by atoms with E-state index in [-0.39, 0.29) is 53.6 Å². The zero-order valence-corrected chi connectivity index (χ0v) is 18.7. The molecule has 1 aliphatic carbocycles. The van der Waals surface area contributed by atoms with Crippen molar-refractivity contribution in [1.29, 1.82) is 0 Å². The molecule has 1 aliphatic rings. The third-order valence-corrected chi connectivity index (χ3v) is 4.82. The molecule has 1 unspecified atom stereocenters. The fourth-order valence-corrected chi connectivity index (χ4v) is 3.04. The molecule has 2 aromatic heterocycles. The molecule has 1 saturated carbocycles. The summed E-state index contributed by atoms with van der Waals surface area (Å²) < 4.78 is 1.47. The first-order chi connectivity index (χ1) is 12.8. The standard InChI is InChI=1S/C19H27N5O3.2ClH/c1-10(2)9-24-16-15(18(26)23-19(24)27)13(7-14(22-16)12-5-6-12)17(25)21-8-11(3)20-4;;/h7,10-12,20H,5-6,8-9H2,1-4H3,(H,21,25)(H,23,26,27);2*1H. The summed E-state index contributed by atoms with van der Waals surface area (Å²) in [4.78, 5) is 44.7. The summed E-state index contributed by atoms with van der Waals surface area (Å²) >= 11 is 0. The molecule has 2 heterocycles. The first kappa shape index (κ1) is 25.1. The number of carbonyl (C=O) groups is 1. The molecule has 1 amide bonds. The van der Waals surface area contributed by atoms with E-state index in [0.29, 0.717) is 24.7 Å². The summed E-state index contributed by atoms with van der Waals surface area (Å²) in [6.45, 7) is 6.78. The van der Waals surface area contributed by atoms with E-state index in [0.717, 1.165) is 18.5 Å². The van der Waals surface area contributed by atoms with E-state index < -0.39 is 11.2 Å². The predicted molar refractivity (Wildman–Crippen MR) is 119 cm³/mol. The molecule has 2 aromatic rings. The van der Waals surface area contributed by atoms with Crippen molar-refractivity contribution in [3.8, 4) is 0 Å². The second-order valence-electron chi connectivity index (χ2n) is 7.73. The molecule has 0 bridgehead atoms. The lowest BCUT2D eigenvalue weighted by Gasteiger charge is -2.16. The normalized spacial score (nSPS) is 14.2. The highest BCUT2D eigenvalue weighted by Crippen LogP contribution is 2.39. The molecule has 1 fully saturated rings. The first-order valence-corrected chi connectivity index (χ1v) is 9.45. The minimum Gasteiger partial charge on any atom is -0.350 e. The SMILES string of the molecule is CNC(C)CNC(=O)c1cc(C2CC2)nc2c1c(=O)[nH]c(=O)n2CC(C)C.Cl.Cl. The van der Waals surface area contributed by atoms with E-state index in [4.69, 9.17) is 0 Å². The third-order valence-electron chi connectivity index (χ3n) is 4.82. The fraction of sp³-hybridized carbons (Fsp3) is 0.579. The molecule has 0 saturated heterocycles. The number of halogens is 2. The van der Waals surface area contributed by atoms with Crippen molar-refractivity contribution in [2.45, 2.75) is 52.1 Å². The Morgan fingerprint density at radius 1 is 1.28 bits per heavy atom. The lowest BCUT2D eigenvalue weighted by molar-refractivity contribution is 0.0952. The number of nitrogens with one attached hydrogen (secondary N) is 3. The maximum Gasteiger partial charge on any atom is 0.330 e. The van der Waals surface area contributed by atoms with Crippen molar-refractivity contribution in [1.82, 2.24) is 25.2 Å². The Kier molecular flexibility index (Phi) is 8.86. The first-order valence-electron chi connectivity index (χ1n) is 9.45. The van der Waals surface area contributed by atoms with Crippen LogP contribution >= 0.6 is 24.8 Å². The lowest BCUT2D eigenvalue weighted by atomic mass is 10.1. The summed E-state index contributed by atoms with van der Waals surface area (Å²) in [6.07, 6.45) is 2.02. The van der Waals surface area contributed by atoms with Crippen LogP contribution in [-0.4, -0.2) is 40.1 Å². The number of pyridine rings is 1. The molecule has 3 rings (SSSR count). The highest BCUT2D eigenvalue weighted by molar-refractivity contribution is 6.05. The molecule has 0 spiro atoms. The number of aromatic nitrogens is 3. The van der Waals surface area contributed by atoms with Crippen LogP contribution in [0.5, 0.6) is 0 Å². The summed E-state index contributed by atoms with van der Waals surface area (Å²) in [5.41, 5.74) is 0.294. The van der Waals surface area contributed by atoms with Gasteiger partial charge in [0.15, 0.2) is 5.65 Å². The number of carbonyl (C=O) groups excluding carboxylic acids is 1. The molecule has 162 valence electrons. The quantitative estimate of drug-likeness (QED) is 0.601. The number of nitrogens with zero attached hydrogens (tertiary/aromatic N) is 2. The van der Waals surface area contributed by atoms with Crippen molar-refractivity contribution >= 4 is 41.8 Å². The van der Waals surface area contributed by atoms with Crippen LogP contribution < -0.4 is 21.9 Å². The maximum atomic E-state index is 12.8. The predicted octanol–water partition coefficient (Wildman–Crippen LogP) is 1.80. The third kappa shape index (κ3) is 5.58. The van der Waals surface area contributed by atoms with Crippen LogP contribution in [0.4, 0.5) is 0 Å². The van der Waals surface area contributed by atoms with Gasteiger partial charge in [-0.1, -0.05) is 13.8 Å². The number of fused-ring (bicyclic) bond motifs is 1. The Morgan fingerprint density at radius 2 is 1.93 bits per heavy atom. The van der Waals surface area contributed by atoms with Gasteiger partial charge < -0.3 is 10.6 Å². The van der Waals surface area contributed by atoms with Gasteiger partial charge in [0.2, 0.25) is 0 Å². The van der Waals surface area contributed by atoms with Gasteiger partial charge in [0.05, 0.1) is 10.9 Å². The van der Waals surface area contributed by atoms with E-state index >= 15 is 0 Å². The maximum absolute atomic E-state index is 12.8. The van der Waals surface area contributed by atoms with E-state index in [9.17, 15) is 14.4 Å². The second kappa shape index (κ2) is 10.2. The zero-order chi connectivity index (χ0) is 19.7. The minimum absolute atomic E-state index is 0. The Bertz CT molecular complexity index is 982. The number of H-pyrrole nitrogens is 1. The van der Waals surface area contributed by atoms with Crippen molar-refractivity contribution < 1.29 is 4.79 Å². The van der Waals surface area contributed by atoms with Gasteiger partial charge in [-0.2, -0.15) is 0 Å². The summed E-state index contributed by atoms with van der Waals surface area (Å²) in [7, 11) is 1.82. The molecule has 8 nitrogen and oxygen atoms in total. The topological polar surface area (TPSA) is 109 Å². The molecule has 29 heavy (non-hydrogen) atoms. The van der Waals surface area contributed by atoms with E-state index in [1.807, 2.05) is 27.8 Å². The fourth-order valence-electron chi connectivity index (χ4n) is 3.04. The molecule has 0 aliphatic heterocycles. The monoisotopic (exact) mass is 445 g/mol. The van der Waals surface area contributed by atoms with Crippen LogP contribution in [0, 0.1) is 5.92 Å². The van der Waals surface area contributed by atoms with E-state index in [1.54, 1.807) is 6.07 Å². The Morgan fingerprint density at radius 3 is 2.48 bits per heavy atom. The van der Waals surface area contributed by atoms with Crippen LogP contribution in [0.2, 0.25) is 0 Å². The second-order valence-corrected chi connectivity index (χ2v) is 7.73. The highest BCUT2D eigenvalue weighted by atomic mass is 35.5. The van der Waals surface area contributed by atoms with E-state index in [2.05, 4.69) is 20.6 Å². The largest absolute Gasteiger partial charge is 0.350 e. The summed E-state index contributed by atoms with van der Waals surface area (Å²) in [5, 5.41) is 6.09. The van der Waals surface area contributed by atoms with Crippen molar-refractivity contribution in [3.05, 3.63) is 38.2 Å². The lowest BCUT2D eigenvalue weighted by Crippen LogP contribution is -2.38. The van der Waals surface area contributed by atoms with Gasteiger partial charge in [0, 0.05) is 30.7 Å². The van der Waals surface area contributed by atoms with Crippen LogP contribution in [0.1, 0.15) is 55.6 Å².